The number of benzene rings is 1. The Labute approximate surface area is 153 Å². The van der Waals surface area contributed by atoms with Gasteiger partial charge >= 0.3 is 0 Å². The summed E-state index contributed by atoms with van der Waals surface area (Å²) in [6.07, 6.45) is 3.59. The van der Waals surface area contributed by atoms with E-state index in [4.69, 9.17) is 0 Å². The molecule has 2 aromatic rings. The van der Waals surface area contributed by atoms with Crippen molar-refractivity contribution in [3.8, 4) is 0 Å². The third-order valence-electron chi connectivity index (χ3n) is 4.49. The van der Waals surface area contributed by atoms with Crippen LogP contribution in [0.5, 0.6) is 0 Å². The highest BCUT2D eigenvalue weighted by Crippen LogP contribution is 2.09. The van der Waals surface area contributed by atoms with Crippen LogP contribution in [-0.2, 0) is 11.2 Å². The average Bonchev–Trinajstić information content (AvgIpc) is 2.68. The lowest BCUT2D eigenvalue weighted by atomic mass is 10.0. The number of hydrogen-bond donors (Lipinski definition) is 2. The lowest BCUT2D eigenvalue weighted by molar-refractivity contribution is -0.134. The van der Waals surface area contributed by atoms with Gasteiger partial charge in [-0.2, -0.15) is 0 Å². The van der Waals surface area contributed by atoms with Crippen molar-refractivity contribution in [1.29, 1.82) is 0 Å². The van der Waals surface area contributed by atoms with Crippen LogP contribution in [0.15, 0.2) is 54.9 Å². The van der Waals surface area contributed by atoms with Crippen molar-refractivity contribution in [3.63, 3.8) is 0 Å². The first-order valence-corrected chi connectivity index (χ1v) is 8.90. The maximum atomic E-state index is 13.1. The Morgan fingerprint density at radius 2 is 2.08 bits per heavy atom. The molecule has 1 aliphatic rings. The van der Waals surface area contributed by atoms with Gasteiger partial charge in [-0.3, -0.25) is 14.6 Å². The fraction of sp³-hybridized carbons (Fsp3) is 0.350. The second kappa shape index (κ2) is 8.58. The SMILES string of the molecule is CC1CN(C(=O)C(Cc2ccccc2)NC(=O)c2cccnc2)CCN1. The first kappa shape index (κ1) is 18.1. The number of carbonyl (C=O) groups excluding carboxylic acids is 2. The highest BCUT2D eigenvalue weighted by atomic mass is 16.2. The molecule has 136 valence electrons. The van der Waals surface area contributed by atoms with E-state index in [9.17, 15) is 9.59 Å². The lowest BCUT2D eigenvalue weighted by Crippen LogP contribution is -2.57. The minimum atomic E-state index is -0.601. The maximum absolute atomic E-state index is 13.1. The molecule has 0 saturated carbocycles. The molecule has 0 bridgehead atoms. The maximum Gasteiger partial charge on any atom is 0.253 e. The smallest absolute Gasteiger partial charge is 0.253 e. The van der Waals surface area contributed by atoms with Crippen molar-refractivity contribution in [2.45, 2.75) is 25.4 Å². The Hall–Kier alpha value is -2.73. The standard InChI is InChI=1S/C20H24N4O2/c1-15-14-24(11-10-22-15)20(26)18(12-16-6-3-2-4-7-16)23-19(25)17-8-5-9-21-13-17/h2-9,13,15,18,22H,10-12,14H2,1H3,(H,23,25). The molecule has 2 atom stereocenters. The molecule has 6 nitrogen and oxygen atoms in total. The Morgan fingerprint density at radius 3 is 2.77 bits per heavy atom. The molecule has 2 N–H and O–H groups in total. The van der Waals surface area contributed by atoms with Crippen molar-refractivity contribution in [2.24, 2.45) is 0 Å². The van der Waals surface area contributed by atoms with E-state index in [-0.39, 0.29) is 17.9 Å². The topological polar surface area (TPSA) is 74.3 Å². The molecule has 26 heavy (non-hydrogen) atoms. The summed E-state index contributed by atoms with van der Waals surface area (Å²) in [6.45, 7) is 4.12. The van der Waals surface area contributed by atoms with E-state index in [1.807, 2.05) is 35.2 Å². The van der Waals surface area contributed by atoms with Gasteiger partial charge < -0.3 is 15.5 Å². The molecule has 2 unspecified atom stereocenters. The highest BCUT2D eigenvalue weighted by Gasteiger charge is 2.29. The fourth-order valence-electron chi connectivity index (χ4n) is 3.14. The van der Waals surface area contributed by atoms with Crippen LogP contribution < -0.4 is 10.6 Å². The zero-order valence-electron chi connectivity index (χ0n) is 14.9. The van der Waals surface area contributed by atoms with E-state index in [2.05, 4.69) is 22.5 Å². The van der Waals surface area contributed by atoms with Gasteiger partial charge in [0.1, 0.15) is 6.04 Å². The van der Waals surface area contributed by atoms with Crippen LogP contribution >= 0.6 is 0 Å². The third-order valence-corrected chi connectivity index (χ3v) is 4.49. The number of rotatable bonds is 5. The zero-order chi connectivity index (χ0) is 18.4. The van der Waals surface area contributed by atoms with E-state index in [0.717, 1.165) is 12.1 Å². The first-order chi connectivity index (χ1) is 12.6. The predicted octanol–water partition coefficient (Wildman–Crippen LogP) is 1.24. The van der Waals surface area contributed by atoms with Crippen LogP contribution in [0.1, 0.15) is 22.8 Å². The monoisotopic (exact) mass is 352 g/mol. The van der Waals surface area contributed by atoms with Crippen LogP contribution in [0.4, 0.5) is 0 Å². The van der Waals surface area contributed by atoms with Crippen LogP contribution in [0.25, 0.3) is 0 Å². The van der Waals surface area contributed by atoms with Crippen molar-refractivity contribution in [3.05, 3.63) is 66.0 Å². The third kappa shape index (κ3) is 4.67. The van der Waals surface area contributed by atoms with E-state index in [1.54, 1.807) is 18.3 Å². The van der Waals surface area contributed by atoms with Gasteiger partial charge in [-0.1, -0.05) is 30.3 Å². The Balaban J connectivity index is 1.76. The number of pyridine rings is 1. The minimum absolute atomic E-state index is 0.0422. The summed E-state index contributed by atoms with van der Waals surface area (Å²) in [7, 11) is 0. The lowest BCUT2D eigenvalue weighted by Gasteiger charge is -2.34. The number of piperazine rings is 1. The molecule has 2 amide bonds. The predicted molar refractivity (Wildman–Crippen MR) is 99.7 cm³/mol. The molecule has 0 radical (unpaired) electrons. The summed E-state index contributed by atoms with van der Waals surface area (Å²) in [6, 6.07) is 12.8. The molecular formula is C20H24N4O2. The molecule has 1 saturated heterocycles. The fourth-order valence-corrected chi connectivity index (χ4v) is 3.14. The van der Waals surface area contributed by atoms with Crippen LogP contribution in [0.2, 0.25) is 0 Å². The number of carbonyl (C=O) groups is 2. The van der Waals surface area contributed by atoms with Gasteiger partial charge in [0.2, 0.25) is 5.91 Å². The number of aromatic nitrogens is 1. The molecule has 2 heterocycles. The van der Waals surface area contributed by atoms with Gasteiger partial charge in [0, 0.05) is 44.5 Å². The van der Waals surface area contributed by atoms with Crippen molar-refractivity contribution >= 4 is 11.8 Å². The number of nitrogens with zero attached hydrogens (tertiary/aromatic N) is 2. The summed E-state index contributed by atoms with van der Waals surface area (Å²) in [5.74, 6) is -0.324. The van der Waals surface area contributed by atoms with Crippen LogP contribution in [0.3, 0.4) is 0 Å². The number of amides is 2. The van der Waals surface area contributed by atoms with Gasteiger partial charge in [-0.25, -0.2) is 0 Å². The summed E-state index contributed by atoms with van der Waals surface area (Å²) in [5, 5.41) is 6.24. The zero-order valence-corrected chi connectivity index (χ0v) is 14.9. The van der Waals surface area contributed by atoms with E-state index in [0.29, 0.717) is 25.1 Å². The molecular weight excluding hydrogens is 328 g/mol. The number of nitrogens with one attached hydrogen (secondary N) is 2. The molecule has 0 spiro atoms. The second-order valence-corrected chi connectivity index (χ2v) is 6.60. The molecule has 1 fully saturated rings. The minimum Gasteiger partial charge on any atom is -0.340 e. The Morgan fingerprint density at radius 1 is 1.27 bits per heavy atom. The summed E-state index contributed by atoms with van der Waals surface area (Å²) in [4.78, 5) is 31.5. The summed E-state index contributed by atoms with van der Waals surface area (Å²) >= 11 is 0. The van der Waals surface area contributed by atoms with Gasteiger partial charge in [0.15, 0.2) is 0 Å². The van der Waals surface area contributed by atoms with Gasteiger partial charge in [0.25, 0.3) is 5.91 Å². The Bertz CT molecular complexity index is 736. The number of hydrogen-bond acceptors (Lipinski definition) is 4. The van der Waals surface area contributed by atoms with E-state index in [1.165, 1.54) is 6.20 Å². The quantitative estimate of drug-likeness (QED) is 0.849. The van der Waals surface area contributed by atoms with Gasteiger partial charge in [0.05, 0.1) is 5.56 Å². The molecule has 1 aromatic heterocycles. The normalized spacial score (nSPS) is 18.2. The summed E-state index contributed by atoms with van der Waals surface area (Å²) in [5.41, 5.74) is 1.47. The van der Waals surface area contributed by atoms with Gasteiger partial charge in [-0.15, -0.1) is 0 Å². The van der Waals surface area contributed by atoms with Crippen molar-refractivity contribution in [1.82, 2.24) is 20.5 Å². The van der Waals surface area contributed by atoms with E-state index >= 15 is 0 Å². The molecule has 1 aliphatic heterocycles. The largest absolute Gasteiger partial charge is 0.340 e. The first-order valence-electron chi connectivity index (χ1n) is 8.90. The molecule has 1 aromatic carbocycles. The molecule has 0 aliphatic carbocycles. The van der Waals surface area contributed by atoms with Gasteiger partial charge in [-0.05, 0) is 24.6 Å². The second-order valence-electron chi connectivity index (χ2n) is 6.60. The van der Waals surface area contributed by atoms with Crippen molar-refractivity contribution in [2.75, 3.05) is 19.6 Å². The highest BCUT2D eigenvalue weighted by molar-refractivity contribution is 5.97. The molecule has 3 rings (SSSR count). The van der Waals surface area contributed by atoms with Crippen LogP contribution in [-0.4, -0.2) is 53.4 Å². The van der Waals surface area contributed by atoms with Crippen LogP contribution in [0, 0.1) is 0 Å². The molecule has 6 heteroatoms. The summed E-state index contributed by atoms with van der Waals surface area (Å²) < 4.78 is 0. The Kier molecular flexibility index (Phi) is 5.96. The van der Waals surface area contributed by atoms with E-state index < -0.39 is 6.04 Å². The van der Waals surface area contributed by atoms with Crippen molar-refractivity contribution < 1.29 is 9.59 Å². The average molecular weight is 352 g/mol.